The van der Waals surface area contributed by atoms with Crippen LogP contribution in [0.25, 0.3) is 0 Å². The van der Waals surface area contributed by atoms with Crippen LogP contribution in [0.2, 0.25) is 0 Å². The number of aryl methyl sites for hydroxylation is 1. The van der Waals surface area contributed by atoms with Crippen LogP contribution in [0.3, 0.4) is 0 Å². The number of amides is 3. The van der Waals surface area contributed by atoms with Gasteiger partial charge in [-0.1, -0.05) is 57.5 Å². The number of ether oxygens (including phenoxy) is 3. The maximum atomic E-state index is 13.1. The molecule has 382 valence electrons. The van der Waals surface area contributed by atoms with Crippen LogP contribution in [0, 0.1) is 6.92 Å². The van der Waals surface area contributed by atoms with E-state index >= 15 is 0 Å². The smallest absolute Gasteiger partial charge is 0.410 e. The highest BCUT2D eigenvalue weighted by Crippen LogP contribution is 2.39. The number of carbonyl (C=O) groups is 2. The van der Waals surface area contributed by atoms with Crippen LogP contribution in [0.4, 0.5) is 39.8 Å². The third-order valence-corrected chi connectivity index (χ3v) is 15.5. The molecule has 1 N–H and O–H groups in total. The molecule has 0 atom stereocenters. The van der Waals surface area contributed by atoms with Gasteiger partial charge in [0.25, 0.3) is 0 Å². The molecule has 4 saturated heterocycles. The number of carbonyl (C=O) groups excluding carboxylic acids is 2. The minimum atomic E-state index is -4.40. The fourth-order valence-corrected chi connectivity index (χ4v) is 11.6. The second kappa shape index (κ2) is 21.4. The summed E-state index contributed by atoms with van der Waals surface area (Å²) in [6.45, 7) is 24.6. The average molecular weight is 980 g/mol. The first-order chi connectivity index (χ1) is 34.0. The first-order valence-corrected chi connectivity index (χ1v) is 25.7. The van der Waals surface area contributed by atoms with Crippen LogP contribution < -0.4 is 19.9 Å². The first-order valence-electron chi connectivity index (χ1n) is 25.7. The quantitative estimate of drug-likeness (QED) is 0.203. The molecule has 4 aromatic rings. The molecule has 71 heavy (non-hydrogen) atoms. The maximum Gasteiger partial charge on any atom is 0.416 e. The van der Waals surface area contributed by atoms with Crippen molar-refractivity contribution in [3.05, 3.63) is 118 Å². The summed E-state index contributed by atoms with van der Waals surface area (Å²) >= 11 is 0. The van der Waals surface area contributed by atoms with Gasteiger partial charge in [-0.3, -0.25) is 9.80 Å². The Balaban J connectivity index is 0.000000176. The molecule has 0 unspecified atom stereocenters. The minimum Gasteiger partial charge on any atom is -0.410 e. The number of piperidine rings is 2. The first kappa shape index (κ1) is 50.6. The molecule has 0 radical (unpaired) electrons. The lowest BCUT2D eigenvalue weighted by Crippen LogP contribution is -2.49. The predicted molar refractivity (Wildman–Crippen MR) is 273 cm³/mol. The van der Waals surface area contributed by atoms with E-state index in [-0.39, 0.29) is 23.0 Å². The number of benzene rings is 4. The highest BCUT2D eigenvalue weighted by atomic mass is 19.4. The number of hydrogen-bond acceptors (Lipinski definition) is 9. The van der Waals surface area contributed by atoms with Gasteiger partial charge in [-0.2, -0.15) is 13.2 Å². The summed E-state index contributed by atoms with van der Waals surface area (Å²) < 4.78 is 55.3. The number of rotatable bonds is 6. The van der Waals surface area contributed by atoms with Crippen molar-refractivity contribution in [1.82, 2.24) is 19.6 Å². The third kappa shape index (κ3) is 12.1. The zero-order valence-electron chi connectivity index (χ0n) is 42.2. The number of alkyl halides is 3. The number of halogens is 3. The van der Waals surface area contributed by atoms with E-state index < -0.39 is 11.7 Å². The Hall–Kier alpha value is -5.35. The predicted octanol–water partition coefficient (Wildman–Crippen LogP) is 9.92. The number of urea groups is 1. The van der Waals surface area contributed by atoms with Crippen molar-refractivity contribution in [2.75, 3.05) is 107 Å². The van der Waals surface area contributed by atoms with Gasteiger partial charge in [0, 0.05) is 119 Å². The maximum absolute atomic E-state index is 13.1. The van der Waals surface area contributed by atoms with Gasteiger partial charge in [0.1, 0.15) is 5.75 Å². The Kier molecular flexibility index (Phi) is 15.2. The molecule has 6 aliphatic rings. The van der Waals surface area contributed by atoms with Gasteiger partial charge in [0.05, 0.1) is 32.0 Å². The van der Waals surface area contributed by atoms with Crippen molar-refractivity contribution in [1.29, 1.82) is 0 Å². The van der Waals surface area contributed by atoms with Gasteiger partial charge in [-0.25, -0.2) is 9.59 Å². The Morgan fingerprint density at radius 1 is 0.606 bits per heavy atom. The third-order valence-electron chi connectivity index (χ3n) is 15.5. The van der Waals surface area contributed by atoms with Crippen LogP contribution in [-0.4, -0.2) is 136 Å². The average Bonchev–Trinajstić information content (AvgIpc) is 3.37. The largest absolute Gasteiger partial charge is 0.416 e. The zero-order chi connectivity index (χ0) is 49.9. The Labute approximate surface area is 418 Å². The van der Waals surface area contributed by atoms with Crippen molar-refractivity contribution in [2.45, 2.75) is 102 Å². The molecule has 0 saturated carbocycles. The second-order valence-electron chi connectivity index (χ2n) is 21.6. The molecular formula is C56H72F3N7O5. The van der Waals surface area contributed by atoms with Gasteiger partial charge in [-0.05, 0) is 116 Å². The summed E-state index contributed by atoms with van der Waals surface area (Å²) in [5.74, 6) is 0.594. The molecule has 6 heterocycles. The van der Waals surface area contributed by atoms with Crippen molar-refractivity contribution < 1.29 is 37.0 Å². The Morgan fingerprint density at radius 3 is 1.52 bits per heavy atom. The van der Waals surface area contributed by atoms with E-state index in [9.17, 15) is 22.8 Å². The van der Waals surface area contributed by atoms with Crippen molar-refractivity contribution >= 4 is 29.2 Å². The lowest BCUT2D eigenvalue weighted by atomic mass is 9.78. The van der Waals surface area contributed by atoms with Crippen LogP contribution in [0.5, 0.6) is 5.75 Å². The summed E-state index contributed by atoms with van der Waals surface area (Å²) in [6.07, 6.45) is -0.0401. The van der Waals surface area contributed by atoms with Crippen LogP contribution in [-0.2, 0) is 39.6 Å². The van der Waals surface area contributed by atoms with E-state index in [1.165, 1.54) is 53.0 Å². The van der Waals surface area contributed by atoms with Crippen LogP contribution in [0.15, 0.2) is 84.9 Å². The molecule has 6 aliphatic heterocycles. The highest BCUT2D eigenvalue weighted by Gasteiger charge is 2.38. The molecule has 0 bridgehead atoms. The van der Waals surface area contributed by atoms with E-state index in [1.54, 1.807) is 4.90 Å². The van der Waals surface area contributed by atoms with E-state index in [0.29, 0.717) is 49.7 Å². The normalized spacial score (nSPS) is 21.1. The molecule has 0 spiro atoms. The van der Waals surface area contributed by atoms with E-state index in [1.807, 2.05) is 36.1 Å². The topological polar surface area (TPSA) is 93.3 Å². The number of hydrogen-bond donors (Lipinski definition) is 1. The van der Waals surface area contributed by atoms with Crippen molar-refractivity contribution in [3.63, 3.8) is 0 Å². The number of nitrogens with one attached hydrogen (secondary N) is 1. The molecule has 4 aromatic carbocycles. The molecule has 0 aliphatic carbocycles. The summed E-state index contributed by atoms with van der Waals surface area (Å²) in [5, 5.41) is 2.77. The lowest BCUT2D eigenvalue weighted by molar-refractivity contribution is -0.137. The molecule has 12 nitrogen and oxygen atoms in total. The fraction of sp³-hybridized carbons (Fsp3) is 0.536. The van der Waals surface area contributed by atoms with E-state index in [4.69, 9.17) is 14.2 Å². The molecule has 4 fully saturated rings. The fourth-order valence-electron chi connectivity index (χ4n) is 11.6. The van der Waals surface area contributed by atoms with Gasteiger partial charge in [-0.15, -0.1) is 0 Å². The monoisotopic (exact) mass is 980 g/mol. The van der Waals surface area contributed by atoms with Gasteiger partial charge < -0.3 is 39.1 Å². The highest BCUT2D eigenvalue weighted by molar-refractivity contribution is 5.89. The standard InChI is InChI=1S/C28H35F3N4O2.C28H37N3O3/c1-27(2)19-35(26(36)32-22-5-3-21(4-6-22)28(29,30)31)18-20-17-24(7-8-25(20)27)33-11-9-23(10-12-33)34-13-15-37-16-14-34;1-21-4-7-25(8-5-21)34-27(32)31-19-22-18-24(6-9-26(22)28(2,3)20-31)29-12-10-23(11-13-29)30-14-16-33-17-15-30/h3-8,17,23H,9-16,18-19H2,1-2H3,(H,32,36);4-9,18,23H,10-17,19-20H2,1-3H3. The summed E-state index contributed by atoms with van der Waals surface area (Å²) in [6, 6.07) is 26.6. The molecule has 3 amide bonds. The Bertz CT molecular complexity index is 2460. The molecular weight excluding hydrogens is 908 g/mol. The number of anilines is 3. The van der Waals surface area contributed by atoms with Crippen molar-refractivity contribution in [3.8, 4) is 5.75 Å². The van der Waals surface area contributed by atoms with Crippen LogP contribution in [0.1, 0.15) is 86.8 Å². The van der Waals surface area contributed by atoms with E-state index in [0.717, 1.165) is 115 Å². The number of nitrogens with zero attached hydrogens (tertiary/aromatic N) is 6. The number of fused-ring (bicyclic) bond motifs is 2. The summed E-state index contributed by atoms with van der Waals surface area (Å²) in [7, 11) is 0. The van der Waals surface area contributed by atoms with Crippen molar-refractivity contribution in [2.24, 2.45) is 0 Å². The summed E-state index contributed by atoms with van der Waals surface area (Å²) in [5.41, 5.74) is 7.75. The molecule has 10 rings (SSSR count). The van der Waals surface area contributed by atoms with Gasteiger partial charge >= 0.3 is 18.3 Å². The Morgan fingerprint density at radius 2 is 1.06 bits per heavy atom. The van der Waals surface area contributed by atoms with Gasteiger partial charge in [0.15, 0.2) is 0 Å². The molecule has 0 aromatic heterocycles. The summed E-state index contributed by atoms with van der Waals surface area (Å²) in [4.78, 5) is 39.8. The SMILES string of the molecule is CC1(C)CN(C(=O)Nc2ccc(C(F)(F)F)cc2)Cc2cc(N3CCC(N4CCOCC4)CC3)ccc21.Cc1ccc(OC(=O)N2Cc3cc(N4CCC(N5CCOCC5)CC4)ccc3C(C)(C)C2)cc1. The van der Waals surface area contributed by atoms with E-state index in [2.05, 4.69) is 89.0 Å². The molecule has 15 heteroatoms. The zero-order valence-corrected chi connectivity index (χ0v) is 42.2. The minimum absolute atomic E-state index is 0.123. The lowest BCUT2D eigenvalue weighted by Gasteiger charge is -2.42. The van der Waals surface area contributed by atoms with Crippen LogP contribution >= 0.6 is 0 Å². The number of morpholine rings is 2. The van der Waals surface area contributed by atoms with Gasteiger partial charge in [0.2, 0.25) is 0 Å². The second-order valence-corrected chi connectivity index (χ2v) is 21.6.